The van der Waals surface area contributed by atoms with E-state index in [9.17, 15) is 9.18 Å². The molecule has 0 unspecified atom stereocenters. The zero-order valence-corrected chi connectivity index (χ0v) is 10.9. The Bertz CT molecular complexity index is 631. The summed E-state index contributed by atoms with van der Waals surface area (Å²) in [6.45, 7) is 1.63. The third-order valence-electron chi connectivity index (χ3n) is 2.25. The molecule has 0 aliphatic rings. The fourth-order valence-electron chi connectivity index (χ4n) is 1.50. The van der Waals surface area contributed by atoms with E-state index in [-0.39, 0.29) is 17.1 Å². The van der Waals surface area contributed by atoms with E-state index in [0.717, 1.165) is 0 Å². The van der Waals surface area contributed by atoms with Gasteiger partial charge >= 0.3 is 5.97 Å². The number of carboxylic acid groups (broad SMARTS) is 1. The van der Waals surface area contributed by atoms with Gasteiger partial charge in [0, 0.05) is 15.7 Å². The van der Waals surface area contributed by atoms with Crippen LogP contribution in [0.15, 0.2) is 28.7 Å². The average molecular weight is 311 g/mol. The predicted octanol–water partition coefficient (Wildman–Crippen LogP) is 3.05. The highest BCUT2D eigenvalue weighted by Gasteiger charge is 2.13. The molecule has 1 aromatic carbocycles. The van der Waals surface area contributed by atoms with E-state index in [4.69, 9.17) is 5.11 Å². The Hall–Kier alpha value is -1.82. The summed E-state index contributed by atoms with van der Waals surface area (Å²) in [4.78, 5) is 18.5. The first-order valence-corrected chi connectivity index (χ1v) is 5.81. The number of aromatic carboxylic acids is 1. The predicted molar refractivity (Wildman–Crippen MR) is 66.8 cm³/mol. The van der Waals surface area contributed by atoms with Crippen molar-refractivity contribution in [1.29, 1.82) is 0 Å². The Kier molecular flexibility index (Phi) is 3.38. The summed E-state index contributed by atoms with van der Waals surface area (Å²) in [5.41, 5.74) is 0.952. The maximum Gasteiger partial charge on any atom is 0.373 e. The monoisotopic (exact) mass is 310 g/mol. The van der Waals surface area contributed by atoms with E-state index < -0.39 is 11.8 Å². The summed E-state index contributed by atoms with van der Waals surface area (Å²) in [6.07, 6.45) is 0. The molecule has 92 valence electrons. The van der Waals surface area contributed by atoms with Crippen molar-refractivity contribution in [3.05, 3.63) is 46.1 Å². The normalized spacial score (nSPS) is 10.4. The van der Waals surface area contributed by atoms with Gasteiger partial charge in [0.15, 0.2) is 0 Å². The Morgan fingerprint density at radius 2 is 2.06 bits per heavy atom. The van der Waals surface area contributed by atoms with Crippen LogP contribution in [0.3, 0.4) is 0 Å². The fourth-order valence-corrected chi connectivity index (χ4v) is 1.86. The molecule has 0 aliphatic carbocycles. The maximum atomic E-state index is 13.7. The molecule has 0 fully saturated rings. The molecule has 6 heteroatoms. The minimum atomic E-state index is -1.24. The second kappa shape index (κ2) is 4.81. The van der Waals surface area contributed by atoms with Gasteiger partial charge in [-0.3, -0.25) is 0 Å². The van der Waals surface area contributed by atoms with Crippen molar-refractivity contribution in [2.45, 2.75) is 6.92 Å². The van der Waals surface area contributed by atoms with Crippen molar-refractivity contribution in [2.75, 3.05) is 0 Å². The van der Waals surface area contributed by atoms with Crippen LogP contribution in [0.1, 0.15) is 16.3 Å². The van der Waals surface area contributed by atoms with Gasteiger partial charge < -0.3 is 5.11 Å². The first-order valence-electron chi connectivity index (χ1n) is 5.02. The minimum Gasteiger partial charge on any atom is -0.475 e. The number of carbonyl (C=O) groups is 1. The van der Waals surface area contributed by atoms with Gasteiger partial charge in [0.1, 0.15) is 5.82 Å². The molecular weight excluding hydrogens is 303 g/mol. The second-order valence-electron chi connectivity index (χ2n) is 3.65. The Morgan fingerprint density at radius 3 is 2.72 bits per heavy atom. The highest BCUT2D eigenvalue weighted by Crippen LogP contribution is 2.25. The lowest BCUT2D eigenvalue weighted by Crippen LogP contribution is -2.06. The Labute approximate surface area is 111 Å². The average Bonchev–Trinajstić information content (AvgIpc) is 2.31. The molecule has 1 heterocycles. The van der Waals surface area contributed by atoms with Crippen molar-refractivity contribution < 1.29 is 14.3 Å². The van der Waals surface area contributed by atoms with Crippen molar-refractivity contribution in [2.24, 2.45) is 0 Å². The summed E-state index contributed by atoms with van der Waals surface area (Å²) in [5.74, 6) is -2.05. The van der Waals surface area contributed by atoms with E-state index in [2.05, 4.69) is 25.9 Å². The van der Waals surface area contributed by atoms with Gasteiger partial charge in [-0.25, -0.2) is 19.2 Å². The lowest BCUT2D eigenvalue weighted by atomic mass is 10.1. The number of benzene rings is 1. The summed E-state index contributed by atoms with van der Waals surface area (Å²) < 4.78 is 14.4. The van der Waals surface area contributed by atoms with Crippen LogP contribution in [0.25, 0.3) is 11.3 Å². The highest BCUT2D eigenvalue weighted by atomic mass is 79.9. The van der Waals surface area contributed by atoms with Gasteiger partial charge in [0.25, 0.3) is 0 Å². The molecule has 0 saturated carbocycles. The van der Waals surface area contributed by atoms with Crippen LogP contribution in [0.4, 0.5) is 4.39 Å². The summed E-state index contributed by atoms with van der Waals surface area (Å²) in [7, 11) is 0. The molecule has 2 rings (SSSR count). The zero-order chi connectivity index (χ0) is 13.3. The summed E-state index contributed by atoms with van der Waals surface area (Å²) >= 11 is 3.23. The topological polar surface area (TPSA) is 63.1 Å². The van der Waals surface area contributed by atoms with Gasteiger partial charge in [-0.2, -0.15) is 0 Å². The van der Waals surface area contributed by atoms with Gasteiger partial charge in [0.05, 0.1) is 5.69 Å². The van der Waals surface area contributed by atoms with Crippen LogP contribution in [0, 0.1) is 12.7 Å². The van der Waals surface area contributed by atoms with Crippen molar-refractivity contribution in [3.8, 4) is 11.3 Å². The first kappa shape index (κ1) is 12.6. The molecule has 0 spiro atoms. The van der Waals surface area contributed by atoms with Crippen molar-refractivity contribution in [3.63, 3.8) is 0 Å². The van der Waals surface area contributed by atoms with Gasteiger partial charge in [-0.15, -0.1) is 0 Å². The smallest absolute Gasteiger partial charge is 0.373 e. The number of carboxylic acids is 1. The minimum absolute atomic E-state index is 0.234. The van der Waals surface area contributed by atoms with E-state index in [1.54, 1.807) is 19.1 Å². The second-order valence-corrected chi connectivity index (χ2v) is 4.56. The lowest BCUT2D eigenvalue weighted by molar-refractivity contribution is 0.0683. The number of halogens is 2. The number of rotatable bonds is 2. The lowest BCUT2D eigenvalue weighted by Gasteiger charge is -2.05. The molecule has 0 amide bonds. The SMILES string of the molecule is Cc1cc(-c2cc(Br)ccc2F)nc(C(=O)O)n1. The Balaban J connectivity index is 2.63. The van der Waals surface area contributed by atoms with Gasteiger partial charge in [-0.1, -0.05) is 15.9 Å². The van der Waals surface area contributed by atoms with Crippen LogP contribution in [0.2, 0.25) is 0 Å². The molecular formula is C12H8BrFN2O2. The van der Waals surface area contributed by atoms with Crippen LogP contribution >= 0.6 is 15.9 Å². The van der Waals surface area contributed by atoms with E-state index in [1.165, 1.54) is 12.1 Å². The zero-order valence-electron chi connectivity index (χ0n) is 9.32. The number of aryl methyl sites for hydroxylation is 1. The van der Waals surface area contributed by atoms with E-state index in [0.29, 0.717) is 10.2 Å². The van der Waals surface area contributed by atoms with Crippen LogP contribution in [-0.2, 0) is 0 Å². The fraction of sp³-hybridized carbons (Fsp3) is 0.0833. The molecule has 0 saturated heterocycles. The van der Waals surface area contributed by atoms with Crippen LogP contribution < -0.4 is 0 Å². The molecule has 1 aromatic heterocycles. The molecule has 0 radical (unpaired) electrons. The first-order chi connectivity index (χ1) is 8.47. The standard InChI is InChI=1S/C12H8BrFN2O2/c1-6-4-10(16-11(15-6)12(17)18)8-5-7(13)2-3-9(8)14/h2-5H,1H3,(H,17,18). The maximum absolute atomic E-state index is 13.7. The van der Waals surface area contributed by atoms with E-state index in [1.807, 2.05) is 0 Å². The molecule has 4 nitrogen and oxygen atoms in total. The van der Waals surface area contributed by atoms with Gasteiger partial charge in [0.2, 0.25) is 5.82 Å². The number of nitrogens with zero attached hydrogens (tertiary/aromatic N) is 2. The third-order valence-corrected chi connectivity index (χ3v) is 2.74. The van der Waals surface area contributed by atoms with Gasteiger partial charge in [-0.05, 0) is 31.2 Å². The molecule has 2 aromatic rings. The number of hydrogen-bond donors (Lipinski definition) is 1. The number of aromatic nitrogens is 2. The quantitative estimate of drug-likeness (QED) is 0.926. The molecule has 0 bridgehead atoms. The van der Waals surface area contributed by atoms with Crippen LogP contribution in [-0.4, -0.2) is 21.0 Å². The summed E-state index contributed by atoms with van der Waals surface area (Å²) in [6, 6.07) is 5.93. The largest absolute Gasteiger partial charge is 0.475 e. The molecule has 1 N–H and O–H groups in total. The van der Waals surface area contributed by atoms with Crippen molar-refractivity contribution >= 4 is 21.9 Å². The molecule has 18 heavy (non-hydrogen) atoms. The van der Waals surface area contributed by atoms with Crippen molar-refractivity contribution in [1.82, 2.24) is 9.97 Å². The third kappa shape index (κ3) is 2.53. The van der Waals surface area contributed by atoms with Crippen LogP contribution in [0.5, 0.6) is 0 Å². The van der Waals surface area contributed by atoms with E-state index >= 15 is 0 Å². The highest BCUT2D eigenvalue weighted by molar-refractivity contribution is 9.10. The molecule has 0 atom stereocenters. The molecule has 0 aliphatic heterocycles. The number of hydrogen-bond acceptors (Lipinski definition) is 3. The summed E-state index contributed by atoms with van der Waals surface area (Å²) in [5, 5.41) is 8.88. The Morgan fingerprint density at radius 1 is 1.33 bits per heavy atom.